The third-order valence-electron chi connectivity index (χ3n) is 2.58. The monoisotopic (exact) mass is 328 g/mol. The number of aliphatic carboxylic acids is 1. The van der Waals surface area contributed by atoms with Crippen molar-refractivity contribution in [3.05, 3.63) is 28.5 Å². The normalized spacial score (nSPS) is 11.2. The van der Waals surface area contributed by atoms with Gasteiger partial charge in [0.05, 0.1) is 12.0 Å². The first-order chi connectivity index (χ1) is 8.71. The van der Waals surface area contributed by atoms with Gasteiger partial charge in [-0.25, -0.2) is 4.98 Å². The van der Waals surface area contributed by atoms with Gasteiger partial charge in [0.2, 0.25) is 0 Å². The van der Waals surface area contributed by atoms with Crippen LogP contribution in [0.2, 0.25) is 0 Å². The zero-order valence-corrected chi connectivity index (χ0v) is 12.8. The number of carbonyl (C=O) groups is 2. The summed E-state index contributed by atoms with van der Waals surface area (Å²) in [5.74, 6) is -1.13. The molecule has 0 spiro atoms. The highest BCUT2D eigenvalue weighted by Crippen LogP contribution is 2.18. The molecule has 1 heterocycles. The molecule has 1 amide bonds. The molecule has 1 aromatic rings. The van der Waals surface area contributed by atoms with Gasteiger partial charge in [-0.2, -0.15) is 0 Å². The van der Waals surface area contributed by atoms with Gasteiger partial charge in [-0.3, -0.25) is 9.59 Å². The van der Waals surface area contributed by atoms with Crippen LogP contribution in [0.4, 0.5) is 0 Å². The predicted octanol–water partition coefficient (Wildman–Crippen LogP) is 2.56. The van der Waals surface area contributed by atoms with Crippen molar-refractivity contribution in [3.63, 3.8) is 0 Å². The number of hydrogen-bond donors (Lipinski definition) is 1. The summed E-state index contributed by atoms with van der Waals surface area (Å²) in [4.78, 5) is 28.6. The molecule has 1 rings (SSSR count). The van der Waals surface area contributed by atoms with E-state index in [4.69, 9.17) is 5.11 Å². The van der Waals surface area contributed by atoms with E-state index in [9.17, 15) is 9.59 Å². The number of carboxylic acid groups (broad SMARTS) is 1. The fraction of sp³-hybridized carbons (Fsp3) is 0.462. The van der Waals surface area contributed by atoms with E-state index < -0.39 is 11.5 Å². The maximum absolute atomic E-state index is 12.4. The first kappa shape index (κ1) is 15.6. The van der Waals surface area contributed by atoms with E-state index in [2.05, 4.69) is 20.9 Å². The lowest BCUT2D eigenvalue weighted by Gasteiger charge is -2.35. The minimum Gasteiger partial charge on any atom is -0.481 e. The van der Waals surface area contributed by atoms with Gasteiger partial charge in [-0.05, 0) is 48.8 Å². The van der Waals surface area contributed by atoms with Crippen LogP contribution >= 0.6 is 15.9 Å². The van der Waals surface area contributed by atoms with Gasteiger partial charge in [0.25, 0.3) is 5.91 Å². The molecule has 6 heteroatoms. The summed E-state index contributed by atoms with van der Waals surface area (Å²) >= 11 is 3.21. The summed E-state index contributed by atoms with van der Waals surface area (Å²) in [6.07, 6.45) is 1.40. The number of pyridine rings is 1. The average Bonchev–Trinajstić information content (AvgIpc) is 2.27. The third-order valence-corrected chi connectivity index (χ3v) is 3.05. The van der Waals surface area contributed by atoms with Crippen LogP contribution in [0.5, 0.6) is 0 Å². The topological polar surface area (TPSA) is 70.5 Å². The van der Waals surface area contributed by atoms with E-state index in [-0.39, 0.29) is 18.9 Å². The van der Waals surface area contributed by atoms with Crippen molar-refractivity contribution in [1.82, 2.24) is 9.88 Å². The highest BCUT2D eigenvalue weighted by molar-refractivity contribution is 9.10. The number of carboxylic acids is 1. The number of carbonyl (C=O) groups excluding carboxylic acids is 1. The van der Waals surface area contributed by atoms with Gasteiger partial charge in [0, 0.05) is 18.3 Å². The van der Waals surface area contributed by atoms with Crippen molar-refractivity contribution in [2.24, 2.45) is 0 Å². The maximum Gasteiger partial charge on any atom is 0.305 e. The molecule has 0 aromatic carbocycles. The Morgan fingerprint density at radius 2 is 2.00 bits per heavy atom. The lowest BCUT2D eigenvalue weighted by atomic mass is 10.0. The van der Waals surface area contributed by atoms with E-state index in [1.807, 2.05) is 20.8 Å². The van der Waals surface area contributed by atoms with Crippen LogP contribution in [0, 0.1) is 0 Å². The fourth-order valence-corrected chi connectivity index (χ4v) is 1.84. The van der Waals surface area contributed by atoms with Crippen LogP contribution in [0.15, 0.2) is 22.9 Å². The molecular weight excluding hydrogens is 312 g/mol. The molecule has 0 fully saturated rings. The Balaban J connectivity index is 2.94. The predicted molar refractivity (Wildman–Crippen MR) is 75.0 cm³/mol. The number of aromatic nitrogens is 1. The van der Waals surface area contributed by atoms with E-state index in [0.717, 1.165) is 0 Å². The Morgan fingerprint density at radius 3 is 2.42 bits per heavy atom. The SMILES string of the molecule is CC(C)(C)N(CCC(=O)O)C(=O)c1ccc(Br)nc1. The van der Waals surface area contributed by atoms with Crippen LogP contribution in [-0.4, -0.2) is 39.0 Å². The highest BCUT2D eigenvalue weighted by Gasteiger charge is 2.27. The smallest absolute Gasteiger partial charge is 0.305 e. The molecule has 0 saturated carbocycles. The molecule has 1 N–H and O–H groups in total. The molecule has 5 nitrogen and oxygen atoms in total. The van der Waals surface area contributed by atoms with E-state index in [0.29, 0.717) is 10.2 Å². The fourth-order valence-electron chi connectivity index (χ4n) is 1.61. The standard InChI is InChI=1S/C13H17BrN2O3/c1-13(2,3)16(7-6-11(17)18)12(19)9-4-5-10(14)15-8-9/h4-5,8H,6-7H2,1-3H3,(H,17,18). The highest BCUT2D eigenvalue weighted by atomic mass is 79.9. The molecular formula is C13H17BrN2O3. The summed E-state index contributed by atoms with van der Waals surface area (Å²) in [6, 6.07) is 3.35. The number of hydrogen-bond acceptors (Lipinski definition) is 3. The molecule has 1 aromatic heterocycles. The minimum absolute atomic E-state index is 0.0764. The summed E-state index contributed by atoms with van der Waals surface area (Å²) in [7, 11) is 0. The third kappa shape index (κ3) is 4.63. The molecule has 0 saturated heterocycles. The summed E-state index contributed by atoms with van der Waals surface area (Å²) in [5.41, 5.74) is 0.00286. The maximum atomic E-state index is 12.4. The van der Waals surface area contributed by atoms with E-state index >= 15 is 0 Å². The molecule has 0 radical (unpaired) electrons. The second-order valence-corrected chi connectivity index (χ2v) is 5.95. The van der Waals surface area contributed by atoms with Crippen LogP contribution in [0.25, 0.3) is 0 Å². The molecule has 19 heavy (non-hydrogen) atoms. The van der Waals surface area contributed by atoms with Crippen LogP contribution in [-0.2, 0) is 4.79 Å². The molecule has 0 aliphatic carbocycles. The molecule has 0 bridgehead atoms. The minimum atomic E-state index is -0.920. The Hall–Kier alpha value is -1.43. The van der Waals surface area contributed by atoms with Gasteiger partial charge < -0.3 is 10.0 Å². The summed E-state index contributed by atoms with van der Waals surface area (Å²) in [6.45, 7) is 5.80. The van der Waals surface area contributed by atoms with Crippen molar-refractivity contribution in [1.29, 1.82) is 0 Å². The Labute approximate surface area is 120 Å². The second kappa shape index (κ2) is 6.14. The number of amides is 1. The van der Waals surface area contributed by atoms with Crippen LogP contribution < -0.4 is 0 Å². The molecule has 0 aliphatic rings. The summed E-state index contributed by atoms with van der Waals surface area (Å²) < 4.78 is 0.650. The van der Waals surface area contributed by atoms with E-state index in [1.54, 1.807) is 17.0 Å². The second-order valence-electron chi connectivity index (χ2n) is 5.14. The van der Waals surface area contributed by atoms with Crippen molar-refractivity contribution >= 4 is 27.8 Å². The number of nitrogens with zero attached hydrogens (tertiary/aromatic N) is 2. The van der Waals surface area contributed by atoms with Crippen LogP contribution in [0.1, 0.15) is 37.6 Å². The van der Waals surface area contributed by atoms with Crippen molar-refractivity contribution < 1.29 is 14.7 Å². The largest absolute Gasteiger partial charge is 0.481 e. The number of halogens is 1. The van der Waals surface area contributed by atoms with Gasteiger partial charge in [0.1, 0.15) is 4.60 Å². The first-order valence-corrected chi connectivity index (χ1v) is 6.66. The van der Waals surface area contributed by atoms with Gasteiger partial charge in [-0.1, -0.05) is 0 Å². The average molecular weight is 329 g/mol. The molecule has 104 valence electrons. The van der Waals surface area contributed by atoms with Crippen molar-refractivity contribution in [2.45, 2.75) is 32.7 Å². The first-order valence-electron chi connectivity index (χ1n) is 5.87. The Morgan fingerprint density at radius 1 is 1.37 bits per heavy atom. The van der Waals surface area contributed by atoms with Crippen LogP contribution in [0.3, 0.4) is 0 Å². The molecule has 0 unspecified atom stereocenters. The van der Waals surface area contributed by atoms with Gasteiger partial charge >= 0.3 is 5.97 Å². The Bertz CT molecular complexity index is 466. The Kier molecular flexibility index (Phi) is 5.05. The zero-order chi connectivity index (χ0) is 14.6. The molecule has 0 atom stereocenters. The summed E-state index contributed by atoms with van der Waals surface area (Å²) in [5, 5.41) is 8.76. The van der Waals surface area contributed by atoms with Gasteiger partial charge in [-0.15, -0.1) is 0 Å². The van der Waals surface area contributed by atoms with Crippen molar-refractivity contribution in [3.8, 4) is 0 Å². The molecule has 0 aliphatic heterocycles. The zero-order valence-electron chi connectivity index (χ0n) is 11.2. The van der Waals surface area contributed by atoms with Gasteiger partial charge in [0.15, 0.2) is 0 Å². The van der Waals surface area contributed by atoms with E-state index in [1.165, 1.54) is 6.20 Å². The quantitative estimate of drug-likeness (QED) is 0.862. The lowest BCUT2D eigenvalue weighted by molar-refractivity contribution is -0.137. The lowest BCUT2D eigenvalue weighted by Crippen LogP contribution is -2.46. The number of rotatable bonds is 4. The van der Waals surface area contributed by atoms with Crippen molar-refractivity contribution in [2.75, 3.05) is 6.54 Å².